The molecule has 1 heterocycles. The summed E-state index contributed by atoms with van der Waals surface area (Å²) in [5.41, 5.74) is 1.31. The van der Waals surface area contributed by atoms with Crippen LogP contribution in [0.1, 0.15) is 4.88 Å². The van der Waals surface area contributed by atoms with Crippen molar-refractivity contribution in [3.05, 3.63) is 57.5 Å². The maximum Gasteiger partial charge on any atom is 0.270 e. The minimum absolute atomic E-state index is 0.0141. The summed E-state index contributed by atoms with van der Waals surface area (Å²) in [6.45, 7) is 0. The van der Waals surface area contributed by atoms with Gasteiger partial charge in [0.2, 0.25) is 0 Å². The number of thiazole rings is 1. The van der Waals surface area contributed by atoms with E-state index >= 15 is 0 Å². The highest BCUT2D eigenvalue weighted by Crippen LogP contribution is 2.37. The van der Waals surface area contributed by atoms with Gasteiger partial charge in [-0.2, -0.15) is 0 Å². The summed E-state index contributed by atoms with van der Waals surface area (Å²) in [7, 11) is 3.17. The van der Waals surface area contributed by atoms with E-state index < -0.39 is 4.92 Å². The van der Waals surface area contributed by atoms with Crippen LogP contribution in [0.15, 0.2) is 47.4 Å². The van der Waals surface area contributed by atoms with E-state index in [1.165, 1.54) is 35.4 Å². The number of nitrogens with one attached hydrogen (secondary N) is 1. The number of anilines is 1. The van der Waals surface area contributed by atoms with Crippen molar-refractivity contribution in [1.82, 2.24) is 4.98 Å². The van der Waals surface area contributed by atoms with Gasteiger partial charge in [-0.25, -0.2) is 4.98 Å². The number of nitro groups is 1. The number of nitrogens with zero attached hydrogens (tertiary/aromatic N) is 2. The van der Waals surface area contributed by atoms with Crippen LogP contribution in [0.2, 0.25) is 0 Å². The van der Waals surface area contributed by atoms with E-state index in [1.807, 2.05) is 18.2 Å². The van der Waals surface area contributed by atoms with Crippen LogP contribution in [0.3, 0.4) is 0 Å². The Hall–Kier alpha value is -2.49. The summed E-state index contributed by atoms with van der Waals surface area (Å²) in [5.74, 6) is 1.55. The number of alkyl halides is 1. The standard InChI is InChI=1S/C18H16ClN3O4S2/c1-25-14-7-6-13(9-15(14)26-2)28-21-18-20-17(16(10-19)27-18)11-4-3-5-12(8-11)22(23)24/h3-9H,10H2,1-2H3,(H,20,21). The van der Waals surface area contributed by atoms with Crippen molar-refractivity contribution in [3.8, 4) is 22.8 Å². The summed E-state index contributed by atoms with van der Waals surface area (Å²) in [6, 6.07) is 11.9. The molecule has 1 N–H and O–H groups in total. The average Bonchev–Trinajstić information content (AvgIpc) is 3.15. The SMILES string of the molecule is COc1ccc(SNc2nc(-c3cccc([N+](=O)[O-])c3)c(CCl)s2)cc1OC. The predicted molar refractivity (Wildman–Crippen MR) is 113 cm³/mol. The molecule has 10 heteroatoms. The van der Waals surface area contributed by atoms with Crippen molar-refractivity contribution in [2.75, 3.05) is 18.9 Å². The second-order valence-electron chi connectivity index (χ2n) is 5.45. The van der Waals surface area contributed by atoms with Crippen LogP contribution < -0.4 is 14.2 Å². The van der Waals surface area contributed by atoms with E-state index in [0.29, 0.717) is 27.9 Å². The van der Waals surface area contributed by atoms with Gasteiger partial charge in [0.15, 0.2) is 16.6 Å². The van der Waals surface area contributed by atoms with E-state index in [0.717, 1.165) is 9.77 Å². The number of nitro benzene ring substituents is 1. The molecule has 2 aromatic carbocycles. The zero-order valence-electron chi connectivity index (χ0n) is 15.0. The lowest BCUT2D eigenvalue weighted by Gasteiger charge is -2.09. The molecule has 0 radical (unpaired) electrons. The van der Waals surface area contributed by atoms with Crippen molar-refractivity contribution in [1.29, 1.82) is 0 Å². The van der Waals surface area contributed by atoms with Gasteiger partial charge in [0.1, 0.15) is 0 Å². The molecule has 0 unspecified atom stereocenters. The zero-order chi connectivity index (χ0) is 20.1. The minimum Gasteiger partial charge on any atom is -0.493 e. The molecule has 0 spiro atoms. The van der Waals surface area contributed by atoms with E-state index in [-0.39, 0.29) is 11.6 Å². The number of benzene rings is 2. The number of ether oxygens (including phenoxy) is 2. The maximum atomic E-state index is 11.0. The zero-order valence-corrected chi connectivity index (χ0v) is 17.4. The number of hydrogen-bond donors (Lipinski definition) is 1. The third-order valence-corrected chi connectivity index (χ3v) is 6.07. The van der Waals surface area contributed by atoms with Crippen molar-refractivity contribution >= 4 is 45.7 Å². The van der Waals surface area contributed by atoms with Crippen LogP contribution in [0.4, 0.5) is 10.8 Å². The summed E-state index contributed by atoms with van der Waals surface area (Å²) < 4.78 is 13.7. The lowest BCUT2D eigenvalue weighted by molar-refractivity contribution is -0.384. The lowest BCUT2D eigenvalue weighted by atomic mass is 10.1. The minimum atomic E-state index is -0.428. The Balaban J connectivity index is 1.81. The highest BCUT2D eigenvalue weighted by atomic mass is 35.5. The second kappa shape index (κ2) is 9.13. The number of hydrogen-bond acceptors (Lipinski definition) is 8. The van der Waals surface area contributed by atoms with Gasteiger partial charge in [-0.3, -0.25) is 10.1 Å². The van der Waals surface area contributed by atoms with Gasteiger partial charge in [-0.15, -0.1) is 11.6 Å². The Bertz CT molecular complexity index is 997. The van der Waals surface area contributed by atoms with Crippen LogP contribution in [0.5, 0.6) is 11.5 Å². The van der Waals surface area contributed by atoms with Crippen molar-refractivity contribution in [3.63, 3.8) is 0 Å². The first kappa shape index (κ1) is 20.2. The third-order valence-electron chi connectivity index (χ3n) is 3.76. The molecule has 0 atom stereocenters. The van der Waals surface area contributed by atoms with E-state index in [9.17, 15) is 10.1 Å². The van der Waals surface area contributed by atoms with Gasteiger partial charge in [-0.05, 0) is 30.1 Å². The fourth-order valence-corrected chi connectivity index (χ4v) is 4.28. The quantitative estimate of drug-likeness (QED) is 0.212. The fraction of sp³-hybridized carbons (Fsp3) is 0.167. The molecular weight excluding hydrogens is 422 g/mol. The predicted octanol–water partition coefficient (Wildman–Crippen LogP) is 5.59. The van der Waals surface area contributed by atoms with E-state index in [1.54, 1.807) is 26.4 Å². The van der Waals surface area contributed by atoms with E-state index in [2.05, 4.69) is 9.71 Å². The number of halogens is 1. The topological polar surface area (TPSA) is 86.5 Å². The number of rotatable bonds is 8. The molecule has 3 aromatic rings. The first-order valence-electron chi connectivity index (χ1n) is 8.01. The normalized spacial score (nSPS) is 10.5. The highest BCUT2D eigenvalue weighted by molar-refractivity contribution is 8.00. The van der Waals surface area contributed by atoms with Gasteiger partial charge in [-0.1, -0.05) is 23.5 Å². The number of non-ortho nitro benzene ring substituents is 1. The maximum absolute atomic E-state index is 11.0. The Labute approximate surface area is 174 Å². The van der Waals surface area contributed by atoms with Crippen molar-refractivity contribution < 1.29 is 14.4 Å². The lowest BCUT2D eigenvalue weighted by Crippen LogP contribution is -1.92. The second-order valence-corrected chi connectivity index (χ2v) is 7.68. The van der Waals surface area contributed by atoms with E-state index in [4.69, 9.17) is 21.1 Å². The van der Waals surface area contributed by atoms with Gasteiger partial charge >= 0.3 is 0 Å². The molecule has 28 heavy (non-hydrogen) atoms. The van der Waals surface area contributed by atoms with Crippen LogP contribution in [-0.4, -0.2) is 24.1 Å². The van der Waals surface area contributed by atoms with Crippen molar-refractivity contribution in [2.45, 2.75) is 10.8 Å². The third kappa shape index (κ3) is 4.49. The van der Waals surface area contributed by atoms with Crippen LogP contribution >= 0.6 is 34.9 Å². The monoisotopic (exact) mass is 437 g/mol. The molecule has 0 saturated heterocycles. The van der Waals surface area contributed by atoms with Gasteiger partial charge in [0.25, 0.3) is 5.69 Å². The fourth-order valence-electron chi connectivity index (χ4n) is 2.46. The van der Waals surface area contributed by atoms with Crippen LogP contribution in [0, 0.1) is 10.1 Å². The number of aromatic nitrogens is 1. The molecule has 7 nitrogen and oxygen atoms in total. The molecule has 1 aromatic heterocycles. The smallest absolute Gasteiger partial charge is 0.270 e. The molecular formula is C18H16ClN3O4S2. The molecule has 0 aliphatic rings. The Morgan fingerprint density at radius 3 is 2.68 bits per heavy atom. The van der Waals surface area contributed by atoms with Crippen molar-refractivity contribution in [2.24, 2.45) is 0 Å². The molecule has 0 saturated carbocycles. The Morgan fingerprint density at radius 1 is 1.21 bits per heavy atom. The molecule has 0 fully saturated rings. The molecule has 0 amide bonds. The largest absolute Gasteiger partial charge is 0.493 e. The summed E-state index contributed by atoms with van der Waals surface area (Å²) in [5, 5.41) is 11.7. The summed E-state index contributed by atoms with van der Waals surface area (Å²) in [4.78, 5) is 16.9. The van der Waals surface area contributed by atoms with Gasteiger partial charge in [0.05, 0.1) is 30.7 Å². The Morgan fingerprint density at radius 2 is 2.00 bits per heavy atom. The first-order valence-corrected chi connectivity index (χ1v) is 10.2. The first-order chi connectivity index (χ1) is 13.5. The number of methoxy groups -OCH3 is 2. The summed E-state index contributed by atoms with van der Waals surface area (Å²) >= 11 is 8.83. The van der Waals surface area contributed by atoms with Crippen LogP contribution in [-0.2, 0) is 5.88 Å². The molecule has 0 aliphatic heterocycles. The molecule has 146 valence electrons. The molecule has 0 bridgehead atoms. The Kier molecular flexibility index (Phi) is 6.61. The van der Waals surface area contributed by atoms with Crippen LogP contribution in [0.25, 0.3) is 11.3 Å². The summed E-state index contributed by atoms with van der Waals surface area (Å²) in [6.07, 6.45) is 0. The molecule has 0 aliphatic carbocycles. The average molecular weight is 438 g/mol. The molecule has 3 rings (SSSR count). The highest BCUT2D eigenvalue weighted by Gasteiger charge is 2.16. The van der Waals surface area contributed by atoms with Gasteiger partial charge < -0.3 is 14.2 Å². The van der Waals surface area contributed by atoms with Gasteiger partial charge in [0, 0.05) is 27.5 Å².